The predicted octanol–water partition coefficient (Wildman–Crippen LogP) is 5.89. The zero-order chi connectivity index (χ0) is 24.7. The Hall–Kier alpha value is -3.04. The molecule has 0 spiro atoms. The first-order valence-electron chi connectivity index (χ1n) is 12.2. The van der Waals surface area contributed by atoms with Crippen molar-refractivity contribution < 1.29 is 14.3 Å². The number of nitrogens with one attached hydrogen (secondary N) is 1. The molecule has 1 amide bonds. The van der Waals surface area contributed by atoms with Crippen LogP contribution in [0.4, 0.5) is 4.79 Å². The largest absolute Gasteiger partial charge is 0.494 e. The van der Waals surface area contributed by atoms with E-state index in [1.807, 2.05) is 71.1 Å². The van der Waals surface area contributed by atoms with Gasteiger partial charge >= 0.3 is 6.09 Å². The van der Waals surface area contributed by atoms with Crippen molar-refractivity contribution >= 4 is 6.09 Å². The van der Waals surface area contributed by atoms with Crippen LogP contribution in [0.1, 0.15) is 64.5 Å². The molecule has 2 aromatic rings. The van der Waals surface area contributed by atoms with E-state index < -0.39 is 5.60 Å². The van der Waals surface area contributed by atoms with Gasteiger partial charge in [-0.2, -0.15) is 5.26 Å². The number of rotatable bonds is 7. The Kier molecular flexibility index (Phi) is 8.57. The number of hydrogen-bond donors (Lipinski definition) is 1. The van der Waals surface area contributed by atoms with Crippen molar-refractivity contribution in [2.75, 3.05) is 13.7 Å². The molecule has 1 fully saturated rings. The van der Waals surface area contributed by atoms with E-state index in [0.717, 1.165) is 48.1 Å². The topological polar surface area (TPSA) is 74.6 Å². The monoisotopic (exact) mass is 463 g/mol. The molecule has 2 aromatic carbocycles. The van der Waals surface area contributed by atoms with E-state index in [1.165, 1.54) is 0 Å². The second-order valence-corrected chi connectivity index (χ2v) is 9.93. The van der Waals surface area contributed by atoms with E-state index >= 15 is 0 Å². The summed E-state index contributed by atoms with van der Waals surface area (Å²) in [4.78, 5) is 14.2. The SMILES string of the molecule is CCOc1ccc(-c2cccc(C#N)c2)cc1CNC1CCC(N(C)C(=O)OC(C)(C)C)CC1. The quantitative estimate of drug-likeness (QED) is 0.554. The molecule has 0 heterocycles. The highest BCUT2D eigenvalue weighted by Crippen LogP contribution is 2.29. The number of carbonyl (C=O) groups is 1. The van der Waals surface area contributed by atoms with Gasteiger partial charge in [0.1, 0.15) is 11.4 Å². The maximum atomic E-state index is 12.4. The van der Waals surface area contributed by atoms with Gasteiger partial charge in [-0.05, 0) is 88.8 Å². The molecule has 0 bridgehead atoms. The lowest BCUT2D eigenvalue weighted by Crippen LogP contribution is -2.44. The van der Waals surface area contributed by atoms with Crippen LogP contribution >= 0.6 is 0 Å². The first-order valence-corrected chi connectivity index (χ1v) is 12.2. The van der Waals surface area contributed by atoms with Gasteiger partial charge in [0.05, 0.1) is 18.2 Å². The van der Waals surface area contributed by atoms with Gasteiger partial charge in [0.25, 0.3) is 0 Å². The van der Waals surface area contributed by atoms with Crippen LogP contribution in [0, 0.1) is 11.3 Å². The molecule has 1 aliphatic carbocycles. The van der Waals surface area contributed by atoms with E-state index in [1.54, 1.807) is 4.90 Å². The lowest BCUT2D eigenvalue weighted by atomic mass is 9.90. The molecule has 1 saturated carbocycles. The molecule has 182 valence electrons. The predicted molar refractivity (Wildman–Crippen MR) is 135 cm³/mol. The number of carbonyl (C=O) groups excluding carboxylic acids is 1. The summed E-state index contributed by atoms with van der Waals surface area (Å²) in [6.07, 6.45) is 3.67. The molecule has 0 aromatic heterocycles. The van der Waals surface area contributed by atoms with E-state index in [0.29, 0.717) is 24.8 Å². The highest BCUT2D eigenvalue weighted by atomic mass is 16.6. The number of nitriles is 1. The summed E-state index contributed by atoms with van der Waals surface area (Å²) in [7, 11) is 1.84. The third kappa shape index (κ3) is 6.98. The van der Waals surface area contributed by atoms with Crippen LogP contribution in [-0.2, 0) is 11.3 Å². The fraction of sp³-hybridized carbons (Fsp3) is 0.500. The molecule has 0 atom stereocenters. The Morgan fingerprint density at radius 3 is 2.47 bits per heavy atom. The summed E-state index contributed by atoms with van der Waals surface area (Å²) in [6, 6.07) is 16.7. The summed E-state index contributed by atoms with van der Waals surface area (Å²) < 4.78 is 11.4. The highest BCUT2D eigenvalue weighted by Gasteiger charge is 2.29. The average molecular weight is 464 g/mol. The van der Waals surface area contributed by atoms with E-state index in [-0.39, 0.29) is 12.1 Å². The third-order valence-electron chi connectivity index (χ3n) is 6.19. The minimum Gasteiger partial charge on any atom is -0.494 e. The maximum Gasteiger partial charge on any atom is 0.410 e. The van der Waals surface area contributed by atoms with Gasteiger partial charge in [-0.3, -0.25) is 0 Å². The van der Waals surface area contributed by atoms with Crippen LogP contribution in [0.25, 0.3) is 11.1 Å². The van der Waals surface area contributed by atoms with Crippen molar-refractivity contribution in [2.45, 2.75) is 77.6 Å². The van der Waals surface area contributed by atoms with Gasteiger partial charge < -0.3 is 19.7 Å². The Bertz CT molecular complexity index is 1010. The number of amides is 1. The zero-order valence-electron chi connectivity index (χ0n) is 21.1. The Balaban J connectivity index is 1.61. The number of nitrogens with zero attached hydrogens (tertiary/aromatic N) is 2. The van der Waals surface area contributed by atoms with E-state index in [4.69, 9.17) is 9.47 Å². The Labute approximate surface area is 203 Å². The van der Waals surface area contributed by atoms with E-state index in [2.05, 4.69) is 17.5 Å². The van der Waals surface area contributed by atoms with Crippen molar-refractivity contribution in [3.8, 4) is 22.9 Å². The molecule has 0 radical (unpaired) electrons. The third-order valence-corrected chi connectivity index (χ3v) is 6.19. The van der Waals surface area contributed by atoms with Crippen molar-refractivity contribution in [1.29, 1.82) is 5.26 Å². The van der Waals surface area contributed by atoms with Crippen LogP contribution in [0.5, 0.6) is 5.75 Å². The van der Waals surface area contributed by atoms with Gasteiger partial charge in [-0.25, -0.2) is 4.79 Å². The maximum absolute atomic E-state index is 12.4. The van der Waals surface area contributed by atoms with Gasteiger partial charge in [0.15, 0.2) is 0 Å². The van der Waals surface area contributed by atoms with Gasteiger partial charge in [0, 0.05) is 31.2 Å². The lowest BCUT2D eigenvalue weighted by molar-refractivity contribution is 0.0179. The molecule has 0 saturated heterocycles. The number of hydrogen-bond acceptors (Lipinski definition) is 5. The summed E-state index contributed by atoms with van der Waals surface area (Å²) >= 11 is 0. The number of ether oxygens (including phenoxy) is 2. The van der Waals surface area contributed by atoms with Crippen molar-refractivity contribution in [3.05, 3.63) is 53.6 Å². The van der Waals surface area contributed by atoms with Crippen LogP contribution in [0.2, 0.25) is 0 Å². The molecular formula is C28H37N3O3. The first kappa shape index (κ1) is 25.6. The smallest absolute Gasteiger partial charge is 0.410 e. The van der Waals surface area contributed by atoms with Crippen molar-refractivity contribution in [2.24, 2.45) is 0 Å². The van der Waals surface area contributed by atoms with Crippen LogP contribution in [-0.4, -0.2) is 42.3 Å². The fourth-order valence-electron chi connectivity index (χ4n) is 4.37. The molecular weight excluding hydrogens is 426 g/mol. The van der Waals surface area contributed by atoms with Crippen LogP contribution < -0.4 is 10.1 Å². The number of benzene rings is 2. The molecule has 3 rings (SSSR count). The molecule has 1 aliphatic rings. The second-order valence-electron chi connectivity index (χ2n) is 9.93. The van der Waals surface area contributed by atoms with Crippen molar-refractivity contribution in [3.63, 3.8) is 0 Å². The first-order chi connectivity index (χ1) is 16.2. The molecule has 1 N–H and O–H groups in total. The summed E-state index contributed by atoms with van der Waals surface area (Å²) in [5.74, 6) is 0.883. The second kappa shape index (κ2) is 11.4. The summed E-state index contributed by atoms with van der Waals surface area (Å²) in [5, 5.41) is 12.9. The standard InChI is InChI=1S/C28H37N3O3/c1-6-33-26-15-10-22(21-9-7-8-20(16-21)18-29)17-23(26)19-30-24-11-13-25(14-12-24)31(5)27(32)34-28(2,3)4/h7-10,15-17,24-25,30H,6,11-14,19H2,1-5H3. The van der Waals surface area contributed by atoms with E-state index in [9.17, 15) is 10.1 Å². The summed E-state index contributed by atoms with van der Waals surface area (Å²) in [6.45, 7) is 8.99. The Morgan fingerprint density at radius 1 is 1.12 bits per heavy atom. The average Bonchev–Trinajstić information content (AvgIpc) is 2.82. The van der Waals surface area contributed by atoms with Gasteiger partial charge in [-0.15, -0.1) is 0 Å². The Morgan fingerprint density at radius 2 is 1.82 bits per heavy atom. The minimum atomic E-state index is -0.479. The molecule has 6 nitrogen and oxygen atoms in total. The molecule has 34 heavy (non-hydrogen) atoms. The minimum absolute atomic E-state index is 0.211. The highest BCUT2D eigenvalue weighted by molar-refractivity contribution is 5.68. The zero-order valence-corrected chi connectivity index (χ0v) is 21.1. The van der Waals surface area contributed by atoms with Crippen LogP contribution in [0.15, 0.2) is 42.5 Å². The lowest BCUT2D eigenvalue weighted by Gasteiger charge is -2.36. The molecule has 0 unspecified atom stereocenters. The van der Waals surface area contributed by atoms with Crippen LogP contribution in [0.3, 0.4) is 0 Å². The summed E-state index contributed by atoms with van der Waals surface area (Å²) in [5.41, 5.74) is 3.37. The normalized spacial score (nSPS) is 18.1. The van der Waals surface area contributed by atoms with Gasteiger partial charge in [-0.1, -0.05) is 18.2 Å². The molecule has 6 heteroatoms. The van der Waals surface area contributed by atoms with Crippen molar-refractivity contribution in [1.82, 2.24) is 10.2 Å². The van der Waals surface area contributed by atoms with Gasteiger partial charge in [0.2, 0.25) is 0 Å². The fourth-order valence-corrected chi connectivity index (χ4v) is 4.37. The molecule has 0 aliphatic heterocycles.